The number of carbonyl (C=O) groups is 2. The lowest BCUT2D eigenvalue weighted by Gasteiger charge is -2.27. The molecule has 2 rings (SSSR count). The first-order valence-corrected chi connectivity index (χ1v) is 7.54. The minimum absolute atomic E-state index is 0.0853. The Labute approximate surface area is 153 Å². The van der Waals surface area contributed by atoms with Gasteiger partial charge in [0.05, 0.1) is 30.6 Å². The van der Waals surface area contributed by atoms with Gasteiger partial charge in [0.2, 0.25) is 5.88 Å². The first-order valence-electron chi connectivity index (χ1n) is 7.54. The molecule has 0 fully saturated rings. The number of ether oxygens (including phenoxy) is 3. The van der Waals surface area contributed by atoms with Crippen molar-refractivity contribution in [2.75, 3.05) is 14.2 Å². The first-order chi connectivity index (χ1) is 12.8. The fourth-order valence-corrected chi connectivity index (χ4v) is 2.61. The number of hydrogen-bond acceptors (Lipinski definition) is 9. The van der Waals surface area contributed by atoms with Gasteiger partial charge in [-0.25, -0.2) is 4.79 Å². The number of hydrogen-bond donors (Lipinski definition) is 1. The molecule has 0 bridgehead atoms. The van der Waals surface area contributed by atoms with Crippen LogP contribution in [0.2, 0.25) is 0 Å². The highest BCUT2D eigenvalue weighted by Crippen LogP contribution is 2.40. The molecular weight excluding hydrogens is 358 g/mol. The van der Waals surface area contributed by atoms with Gasteiger partial charge in [-0.3, -0.25) is 14.9 Å². The molecule has 10 nitrogen and oxygen atoms in total. The largest absolute Gasteiger partial charge is 0.469 e. The first kappa shape index (κ1) is 19.5. The van der Waals surface area contributed by atoms with Crippen molar-refractivity contribution in [3.63, 3.8) is 0 Å². The number of nitro groups is 1. The van der Waals surface area contributed by atoms with Crippen LogP contribution in [0, 0.1) is 21.4 Å². The molecule has 0 aromatic heterocycles. The Bertz CT molecular complexity index is 894. The molecule has 1 aliphatic rings. The second-order valence-electron chi connectivity index (χ2n) is 5.35. The number of nitro benzene ring substituents is 1. The summed E-state index contributed by atoms with van der Waals surface area (Å²) in [5, 5.41) is 20.3. The molecule has 140 valence electrons. The van der Waals surface area contributed by atoms with Crippen LogP contribution < -0.4 is 5.73 Å². The molecule has 0 aliphatic carbocycles. The van der Waals surface area contributed by atoms with Gasteiger partial charge in [0.25, 0.3) is 5.69 Å². The van der Waals surface area contributed by atoms with Crippen molar-refractivity contribution >= 4 is 17.6 Å². The molecule has 1 heterocycles. The topological polar surface area (TPSA) is 155 Å². The average molecular weight is 373 g/mol. The maximum Gasteiger partial charge on any atom is 0.338 e. The highest BCUT2D eigenvalue weighted by Gasteiger charge is 2.38. The van der Waals surface area contributed by atoms with Gasteiger partial charge in [-0.1, -0.05) is 12.1 Å². The van der Waals surface area contributed by atoms with E-state index >= 15 is 0 Å². The standard InChI is InChI=1S/C17H15N3O7/c1-25-13(21)7-12-15(17(22)26-2)14(11(8-18)16(19)27-12)9-3-5-10(6-4-9)20(23)24/h3-6,14H,7,19H2,1-2H3. The fourth-order valence-electron chi connectivity index (χ4n) is 2.61. The lowest BCUT2D eigenvalue weighted by molar-refractivity contribution is -0.384. The molecule has 2 N–H and O–H groups in total. The number of benzene rings is 1. The van der Waals surface area contributed by atoms with E-state index in [-0.39, 0.29) is 28.5 Å². The smallest absolute Gasteiger partial charge is 0.338 e. The summed E-state index contributed by atoms with van der Waals surface area (Å²) < 4.78 is 14.7. The number of nitriles is 1. The monoisotopic (exact) mass is 373 g/mol. The quantitative estimate of drug-likeness (QED) is 0.458. The number of methoxy groups -OCH3 is 2. The van der Waals surface area contributed by atoms with Crippen molar-refractivity contribution in [1.29, 1.82) is 5.26 Å². The van der Waals surface area contributed by atoms with Crippen LogP contribution in [0.1, 0.15) is 17.9 Å². The second-order valence-corrected chi connectivity index (χ2v) is 5.35. The lowest BCUT2D eigenvalue weighted by atomic mass is 9.82. The maximum atomic E-state index is 12.4. The lowest BCUT2D eigenvalue weighted by Crippen LogP contribution is -2.26. The second kappa shape index (κ2) is 8.01. The summed E-state index contributed by atoms with van der Waals surface area (Å²) in [5.41, 5.74) is 5.80. The third-order valence-electron chi connectivity index (χ3n) is 3.87. The van der Waals surface area contributed by atoms with Crippen molar-refractivity contribution in [2.24, 2.45) is 5.73 Å². The molecule has 0 saturated carbocycles. The minimum atomic E-state index is -1.02. The molecular formula is C17H15N3O7. The Kier molecular flexibility index (Phi) is 5.77. The third kappa shape index (κ3) is 3.87. The number of non-ortho nitro benzene ring substituents is 1. The molecule has 0 saturated heterocycles. The summed E-state index contributed by atoms with van der Waals surface area (Å²) in [6, 6.07) is 7.10. The summed E-state index contributed by atoms with van der Waals surface area (Å²) in [7, 11) is 2.29. The zero-order valence-electron chi connectivity index (χ0n) is 14.4. The van der Waals surface area contributed by atoms with Crippen LogP contribution >= 0.6 is 0 Å². The molecule has 0 spiro atoms. The van der Waals surface area contributed by atoms with E-state index in [1.165, 1.54) is 24.3 Å². The van der Waals surface area contributed by atoms with Crippen LogP contribution in [0.3, 0.4) is 0 Å². The summed E-state index contributed by atoms with van der Waals surface area (Å²) in [6.45, 7) is 0. The van der Waals surface area contributed by atoms with Crippen molar-refractivity contribution < 1.29 is 28.7 Å². The van der Waals surface area contributed by atoms with Crippen LogP contribution in [0.15, 0.2) is 47.1 Å². The Morgan fingerprint density at radius 3 is 2.41 bits per heavy atom. The maximum absolute atomic E-state index is 12.4. The van der Waals surface area contributed by atoms with Crippen LogP contribution in [-0.4, -0.2) is 31.1 Å². The van der Waals surface area contributed by atoms with Gasteiger partial charge in [0.1, 0.15) is 23.8 Å². The van der Waals surface area contributed by atoms with E-state index < -0.39 is 29.2 Å². The van der Waals surface area contributed by atoms with Gasteiger partial charge in [-0.05, 0) is 5.56 Å². The normalized spacial score (nSPS) is 16.3. The highest BCUT2D eigenvalue weighted by molar-refractivity contribution is 5.93. The van der Waals surface area contributed by atoms with Crippen LogP contribution in [0.25, 0.3) is 0 Å². The Morgan fingerprint density at radius 2 is 1.93 bits per heavy atom. The van der Waals surface area contributed by atoms with Gasteiger partial charge in [-0.2, -0.15) is 5.26 Å². The van der Waals surface area contributed by atoms with Gasteiger partial charge in [0, 0.05) is 12.1 Å². The number of esters is 2. The van der Waals surface area contributed by atoms with E-state index in [4.69, 9.17) is 15.2 Å². The van der Waals surface area contributed by atoms with Crippen molar-refractivity contribution in [1.82, 2.24) is 0 Å². The zero-order valence-corrected chi connectivity index (χ0v) is 14.4. The van der Waals surface area contributed by atoms with Crippen LogP contribution in [0.5, 0.6) is 0 Å². The summed E-state index contributed by atoms with van der Waals surface area (Å²) in [5.74, 6) is -2.95. The predicted molar refractivity (Wildman–Crippen MR) is 89.4 cm³/mol. The van der Waals surface area contributed by atoms with E-state index in [0.29, 0.717) is 5.56 Å². The van der Waals surface area contributed by atoms with E-state index in [0.717, 1.165) is 14.2 Å². The Morgan fingerprint density at radius 1 is 1.30 bits per heavy atom. The molecule has 0 amide bonds. The number of carbonyl (C=O) groups excluding carboxylic acids is 2. The van der Waals surface area contributed by atoms with Crippen molar-refractivity contribution in [2.45, 2.75) is 12.3 Å². The average Bonchev–Trinajstić information content (AvgIpc) is 2.66. The van der Waals surface area contributed by atoms with Crippen LogP contribution in [0.4, 0.5) is 5.69 Å². The Balaban J connectivity index is 2.66. The highest BCUT2D eigenvalue weighted by atomic mass is 16.6. The molecule has 0 radical (unpaired) electrons. The van der Waals surface area contributed by atoms with E-state index in [1.807, 2.05) is 6.07 Å². The number of nitrogens with zero attached hydrogens (tertiary/aromatic N) is 2. The molecule has 10 heteroatoms. The number of allylic oxidation sites excluding steroid dienone is 1. The summed E-state index contributed by atoms with van der Waals surface area (Å²) in [6.07, 6.45) is -0.413. The predicted octanol–water partition coefficient (Wildman–Crippen LogP) is 1.39. The summed E-state index contributed by atoms with van der Waals surface area (Å²) >= 11 is 0. The molecule has 27 heavy (non-hydrogen) atoms. The number of rotatable bonds is 5. The van der Waals surface area contributed by atoms with E-state index in [9.17, 15) is 25.0 Å². The Hall–Kier alpha value is -3.87. The molecule has 1 aromatic carbocycles. The summed E-state index contributed by atoms with van der Waals surface area (Å²) in [4.78, 5) is 34.3. The van der Waals surface area contributed by atoms with E-state index in [2.05, 4.69) is 4.74 Å². The van der Waals surface area contributed by atoms with Gasteiger partial charge >= 0.3 is 11.9 Å². The van der Waals surface area contributed by atoms with Crippen molar-refractivity contribution in [3.8, 4) is 6.07 Å². The number of nitrogens with two attached hydrogens (primary N) is 1. The van der Waals surface area contributed by atoms with Gasteiger partial charge in [0.15, 0.2) is 0 Å². The molecule has 1 unspecified atom stereocenters. The third-order valence-corrected chi connectivity index (χ3v) is 3.87. The molecule has 1 atom stereocenters. The minimum Gasteiger partial charge on any atom is -0.469 e. The van der Waals surface area contributed by atoms with E-state index in [1.54, 1.807) is 0 Å². The molecule has 1 aromatic rings. The zero-order chi connectivity index (χ0) is 20.1. The van der Waals surface area contributed by atoms with Crippen molar-refractivity contribution in [3.05, 3.63) is 62.7 Å². The van der Waals surface area contributed by atoms with Gasteiger partial charge in [-0.15, -0.1) is 0 Å². The van der Waals surface area contributed by atoms with Gasteiger partial charge < -0.3 is 19.9 Å². The SMILES string of the molecule is COC(=O)CC1=C(C(=O)OC)C(c2ccc([N+](=O)[O-])cc2)C(C#N)=C(N)O1. The molecule has 1 aliphatic heterocycles. The van der Waals surface area contributed by atoms with Crippen LogP contribution in [-0.2, 0) is 23.8 Å². The fraction of sp³-hybridized carbons (Fsp3) is 0.235.